The van der Waals surface area contributed by atoms with E-state index in [9.17, 15) is 10.2 Å². The molecule has 0 radical (unpaired) electrons. The predicted octanol–water partition coefficient (Wildman–Crippen LogP) is 4.72. The lowest BCUT2D eigenvalue weighted by molar-refractivity contribution is 0.187. The molecule has 3 aromatic rings. The van der Waals surface area contributed by atoms with Crippen molar-refractivity contribution in [2.75, 3.05) is 23.7 Å². The molecule has 192 valence electrons. The van der Waals surface area contributed by atoms with Crippen LogP contribution in [0.1, 0.15) is 65.6 Å². The molecule has 3 aliphatic rings. The van der Waals surface area contributed by atoms with Gasteiger partial charge in [-0.25, -0.2) is 9.97 Å². The van der Waals surface area contributed by atoms with Gasteiger partial charge in [-0.3, -0.25) is 4.99 Å². The van der Waals surface area contributed by atoms with Crippen molar-refractivity contribution in [3.8, 4) is 0 Å². The van der Waals surface area contributed by atoms with Gasteiger partial charge in [-0.15, -0.1) is 0 Å². The number of aromatic nitrogens is 2. The van der Waals surface area contributed by atoms with Gasteiger partial charge in [-0.2, -0.15) is 0 Å². The van der Waals surface area contributed by atoms with Crippen LogP contribution in [-0.2, 0) is 13.0 Å². The van der Waals surface area contributed by atoms with Crippen molar-refractivity contribution in [1.29, 1.82) is 0 Å². The van der Waals surface area contributed by atoms with Gasteiger partial charge < -0.3 is 25.7 Å². The third kappa shape index (κ3) is 5.23. The number of fused-ring (bicyclic) bond motifs is 1. The van der Waals surface area contributed by atoms with E-state index in [1.807, 2.05) is 6.07 Å². The van der Waals surface area contributed by atoms with Crippen LogP contribution in [0.2, 0.25) is 0 Å². The summed E-state index contributed by atoms with van der Waals surface area (Å²) < 4.78 is 0. The van der Waals surface area contributed by atoms with E-state index in [1.165, 1.54) is 49.9 Å². The Morgan fingerprint density at radius 1 is 1.00 bits per heavy atom. The van der Waals surface area contributed by atoms with E-state index in [0.29, 0.717) is 35.4 Å². The third-order valence-electron chi connectivity index (χ3n) is 7.79. The van der Waals surface area contributed by atoms with Crippen molar-refractivity contribution >= 4 is 29.4 Å². The summed E-state index contributed by atoms with van der Waals surface area (Å²) in [5, 5.41) is 26.8. The standard InChI is InChI=1S/C29H34N6O2/c1-18-14-22(2-5-24(18)20-8-12-35(13-9-20)23-3-4-23)32-28-27-21(7-11-31-29(27)37)16-26(34-28)33-25-15-19(17-36)6-10-30-25/h2,5-6,10-11,14-16,20,23,29,36-37H,3-4,7-9,12-13,17H2,1H3,(H2,30,32,33,34). The number of piperidine rings is 1. The number of benzene rings is 1. The van der Waals surface area contributed by atoms with Crippen molar-refractivity contribution in [2.24, 2.45) is 4.99 Å². The van der Waals surface area contributed by atoms with E-state index in [2.05, 4.69) is 50.6 Å². The SMILES string of the molecule is Cc1cc(Nc2nc(Nc3cc(CO)ccn3)cc3c2C(O)N=CC3)ccc1C1CCN(C2CC2)CC1. The van der Waals surface area contributed by atoms with Crippen LogP contribution in [0.15, 0.2) is 47.6 Å². The van der Waals surface area contributed by atoms with Crippen molar-refractivity contribution in [3.63, 3.8) is 0 Å². The van der Waals surface area contributed by atoms with E-state index in [1.54, 1.807) is 24.5 Å². The van der Waals surface area contributed by atoms with Gasteiger partial charge in [-0.1, -0.05) is 6.07 Å². The van der Waals surface area contributed by atoms with Crippen LogP contribution >= 0.6 is 0 Å². The smallest absolute Gasteiger partial charge is 0.174 e. The molecule has 2 aliphatic heterocycles. The first-order valence-corrected chi connectivity index (χ1v) is 13.3. The lowest BCUT2D eigenvalue weighted by atomic mass is 9.86. The van der Waals surface area contributed by atoms with Crippen molar-refractivity contribution in [1.82, 2.24) is 14.9 Å². The minimum Gasteiger partial charge on any atom is -0.392 e. The first-order valence-electron chi connectivity index (χ1n) is 13.3. The summed E-state index contributed by atoms with van der Waals surface area (Å²) in [5.41, 5.74) is 6.07. The highest BCUT2D eigenvalue weighted by molar-refractivity contribution is 5.73. The number of hydrogen-bond donors (Lipinski definition) is 4. The molecule has 1 saturated carbocycles. The van der Waals surface area contributed by atoms with Gasteiger partial charge in [0.05, 0.1) is 6.61 Å². The van der Waals surface area contributed by atoms with Crippen LogP contribution in [0.25, 0.3) is 0 Å². The topological polar surface area (TPSA) is 106 Å². The molecule has 37 heavy (non-hydrogen) atoms. The number of aryl methyl sites for hydroxylation is 1. The molecule has 1 unspecified atom stereocenters. The van der Waals surface area contributed by atoms with Crippen molar-refractivity contribution < 1.29 is 10.2 Å². The quantitative estimate of drug-likeness (QED) is 0.373. The largest absolute Gasteiger partial charge is 0.392 e. The van der Waals surface area contributed by atoms with Gasteiger partial charge in [0.25, 0.3) is 0 Å². The molecular weight excluding hydrogens is 464 g/mol. The summed E-state index contributed by atoms with van der Waals surface area (Å²) >= 11 is 0. The number of nitrogens with one attached hydrogen (secondary N) is 2. The normalized spacial score (nSPS) is 20.0. The Morgan fingerprint density at radius 3 is 2.59 bits per heavy atom. The number of hydrogen-bond acceptors (Lipinski definition) is 8. The molecule has 4 heterocycles. The van der Waals surface area contributed by atoms with Gasteiger partial charge in [-0.05, 0) is 104 Å². The van der Waals surface area contributed by atoms with E-state index < -0.39 is 6.23 Å². The first kappa shape index (κ1) is 24.0. The molecule has 1 aromatic carbocycles. The van der Waals surface area contributed by atoms with E-state index in [0.717, 1.165) is 22.9 Å². The van der Waals surface area contributed by atoms with Gasteiger partial charge in [0.2, 0.25) is 0 Å². The van der Waals surface area contributed by atoms with Crippen LogP contribution in [0, 0.1) is 6.92 Å². The summed E-state index contributed by atoms with van der Waals surface area (Å²) in [6, 6.07) is 12.9. The maximum atomic E-state index is 10.7. The highest BCUT2D eigenvalue weighted by Gasteiger charge is 2.32. The highest BCUT2D eigenvalue weighted by atomic mass is 16.3. The second kappa shape index (κ2) is 10.2. The van der Waals surface area contributed by atoms with Gasteiger partial charge in [0.15, 0.2) is 6.23 Å². The lowest BCUT2D eigenvalue weighted by Crippen LogP contribution is -2.34. The highest BCUT2D eigenvalue weighted by Crippen LogP contribution is 2.37. The fraction of sp³-hybridized carbons (Fsp3) is 0.414. The molecule has 2 fully saturated rings. The summed E-state index contributed by atoms with van der Waals surface area (Å²) in [7, 11) is 0. The van der Waals surface area contributed by atoms with Crippen molar-refractivity contribution in [3.05, 3.63) is 70.4 Å². The summed E-state index contributed by atoms with van der Waals surface area (Å²) in [6.45, 7) is 4.55. The molecule has 8 nitrogen and oxygen atoms in total. The number of aliphatic hydroxyl groups is 2. The third-order valence-corrected chi connectivity index (χ3v) is 7.79. The molecule has 4 N–H and O–H groups in total. The Kier molecular flexibility index (Phi) is 6.63. The Hall–Kier alpha value is -3.33. The number of anilines is 4. The van der Waals surface area contributed by atoms with E-state index in [-0.39, 0.29) is 6.61 Å². The number of rotatable bonds is 7. The molecule has 0 bridgehead atoms. The molecule has 8 heteroatoms. The summed E-state index contributed by atoms with van der Waals surface area (Å²) in [4.78, 5) is 16.0. The molecule has 2 aromatic heterocycles. The van der Waals surface area contributed by atoms with Crippen LogP contribution in [0.5, 0.6) is 0 Å². The maximum Gasteiger partial charge on any atom is 0.174 e. The molecule has 6 rings (SSSR count). The van der Waals surface area contributed by atoms with Gasteiger partial charge in [0.1, 0.15) is 17.5 Å². The number of aliphatic hydroxyl groups excluding tert-OH is 2. The van der Waals surface area contributed by atoms with Gasteiger partial charge >= 0.3 is 0 Å². The zero-order valence-electron chi connectivity index (χ0n) is 21.2. The van der Waals surface area contributed by atoms with E-state index in [4.69, 9.17) is 4.98 Å². The van der Waals surface area contributed by atoms with Crippen molar-refractivity contribution in [2.45, 2.75) is 63.8 Å². The summed E-state index contributed by atoms with van der Waals surface area (Å²) in [6.07, 6.45) is 8.25. The second-order valence-corrected chi connectivity index (χ2v) is 10.4. The average Bonchev–Trinajstić information content (AvgIpc) is 3.75. The minimum absolute atomic E-state index is 0.0563. The molecule has 0 amide bonds. The Bertz CT molecular complexity index is 1310. The zero-order chi connectivity index (χ0) is 25.4. The average molecular weight is 499 g/mol. The first-order chi connectivity index (χ1) is 18.1. The minimum atomic E-state index is -0.958. The number of aliphatic imine (C=N–C) groups is 1. The number of pyridine rings is 2. The second-order valence-electron chi connectivity index (χ2n) is 10.4. The fourth-order valence-corrected chi connectivity index (χ4v) is 5.69. The Balaban J connectivity index is 1.24. The number of nitrogens with zero attached hydrogens (tertiary/aromatic N) is 4. The lowest BCUT2D eigenvalue weighted by Gasteiger charge is -2.33. The molecule has 1 saturated heterocycles. The Morgan fingerprint density at radius 2 is 1.84 bits per heavy atom. The fourth-order valence-electron chi connectivity index (χ4n) is 5.69. The summed E-state index contributed by atoms with van der Waals surface area (Å²) in [5.74, 6) is 2.40. The van der Waals surface area contributed by atoms with Crippen LogP contribution in [-0.4, -0.2) is 50.4 Å². The van der Waals surface area contributed by atoms with E-state index >= 15 is 0 Å². The van der Waals surface area contributed by atoms with Gasteiger partial charge in [0, 0.05) is 36.1 Å². The molecule has 1 aliphatic carbocycles. The molecular formula is C29H34N6O2. The van der Waals surface area contributed by atoms with Crippen LogP contribution < -0.4 is 10.6 Å². The molecule has 1 atom stereocenters. The zero-order valence-corrected chi connectivity index (χ0v) is 21.2. The maximum absolute atomic E-state index is 10.7. The van der Waals surface area contributed by atoms with Crippen LogP contribution in [0.3, 0.4) is 0 Å². The monoisotopic (exact) mass is 498 g/mol. The Labute approximate surface area is 217 Å². The number of likely N-dealkylation sites (tertiary alicyclic amines) is 1. The van der Waals surface area contributed by atoms with Crippen LogP contribution in [0.4, 0.5) is 23.1 Å². The predicted molar refractivity (Wildman–Crippen MR) is 146 cm³/mol. The molecule has 0 spiro atoms.